The lowest BCUT2D eigenvalue weighted by atomic mass is 10.2. The van der Waals surface area contributed by atoms with Crippen molar-refractivity contribution in [2.45, 2.75) is 13.3 Å². The number of nitrogens with zero attached hydrogens (tertiary/aromatic N) is 4. The molecule has 0 unspecified atom stereocenters. The maximum atomic E-state index is 8.64. The molecule has 6 heteroatoms. The molecular weight excluding hydrogens is 254 g/mol. The predicted octanol–water partition coefficient (Wildman–Crippen LogP) is 2.06. The fraction of sp³-hybridized carbons (Fsp3) is 0.214. The van der Waals surface area contributed by atoms with Gasteiger partial charge in [-0.2, -0.15) is 5.10 Å². The fourth-order valence-electron chi connectivity index (χ4n) is 1.80. The van der Waals surface area contributed by atoms with Crippen molar-refractivity contribution in [2.75, 3.05) is 11.4 Å². The van der Waals surface area contributed by atoms with E-state index in [0.717, 1.165) is 17.2 Å². The van der Waals surface area contributed by atoms with Crippen LogP contribution in [0.25, 0.3) is 0 Å². The van der Waals surface area contributed by atoms with E-state index in [9.17, 15) is 0 Å². The van der Waals surface area contributed by atoms with Crippen LogP contribution in [0.1, 0.15) is 12.1 Å². The van der Waals surface area contributed by atoms with Gasteiger partial charge in [0.15, 0.2) is 5.82 Å². The molecule has 0 saturated carbocycles. The molecule has 2 aromatic rings. The van der Waals surface area contributed by atoms with Crippen LogP contribution in [0.2, 0.25) is 0 Å². The minimum absolute atomic E-state index is 0.186. The Hall–Kier alpha value is -2.63. The summed E-state index contributed by atoms with van der Waals surface area (Å²) in [6, 6.07) is 13.6. The van der Waals surface area contributed by atoms with E-state index in [-0.39, 0.29) is 5.84 Å². The Kier molecular flexibility index (Phi) is 4.49. The molecule has 6 nitrogen and oxygen atoms in total. The Balaban J connectivity index is 2.26. The Bertz CT molecular complexity index is 568. The van der Waals surface area contributed by atoms with E-state index in [1.807, 2.05) is 54.3 Å². The summed E-state index contributed by atoms with van der Waals surface area (Å²) in [4.78, 5) is 1.98. The standard InChI is InChI=1S/C14H17N5O/c1-11-7-8-14(17-16-11)19(10-9-13(15)18-20)12-5-3-2-4-6-12/h2-8,20H,9-10H2,1H3,(H2,15,18). The summed E-state index contributed by atoms with van der Waals surface area (Å²) in [5, 5.41) is 19.9. The number of oxime groups is 1. The maximum Gasteiger partial charge on any atom is 0.155 e. The van der Waals surface area contributed by atoms with Crippen LogP contribution in [-0.2, 0) is 0 Å². The van der Waals surface area contributed by atoms with Crippen molar-refractivity contribution < 1.29 is 5.21 Å². The van der Waals surface area contributed by atoms with Crippen molar-refractivity contribution in [1.82, 2.24) is 10.2 Å². The number of hydrogen-bond acceptors (Lipinski definition) is 5. The summed E-state index contributed by atoms with van der Waals surface area (Å²) in [6.07, 6.45) is 0.431. The monoisotopic (exact) mass is 271 g/mol. The number of aromatic nitrogens is 2. The molecule has 0 aliphatic heterocycles. The van der Waals surface area contributed by atoms with Crippen LogP contribution < -0.4 is 10.6 Å². The molecule has 0 aliphatic rings. The van der Waals surface area contributed by atoms with E-state index in [1.54, 1.807) is 0 Å². The molecule has 1 heterocycles. The lowest BCUT2D eigenvalue weighted by Crippen LogP contribution is -2.25. The lowest BCUT2D eigenvalue weighted by Gasteiger charge is -2.23. The van der Waals surface area contributed by atoms with E-state index in [2.05, 4.69) is 15.4 Å². The third kappa shape index (κ3) is 3.44. The van der Waals surface area contributed by atoms with Crippen molar-refractivity contribution in [3.63, 3.8) is 0 Å². The fourth-order valence-corrected chi connectivity index (χ4v) is 1.80. The van der Waals surface area contributed by atoms with Crippen LogP contribution in [0, 0.1) is 6.92 Å². The molecule has 1 aromatic heterocycles. The van der Waals surface area contributed by atoms with Crippen LogP contribution in [-0.4, -0.2) is 27.8 Å². The topological polar surface area (TPSA) is 87.6 Å². The summed E-state index contributed by atoms with van der Waals surface area (Å²) in [5.74, 6) is 0.915. The molecule has 0 fully saturated rings. The van der Waals surface area contributed by atoms with Gasteiger partial charge in [-0.15, -0.1) is 5.10 Å². The second-order valence-electron chi connectivity index (χ2n) is 4.36. The number of amidine groups is 1. The molecular formula is C14H17N5O. The molecule has 0 aliphatic carbocycles. The van der Waals surface area contributed by atoms with Crippen LogP contribution in [0.4, 0.5) is 11.5 Å². The molecule has 104 valence electrons. The van der Waals surface area contributed by atoms with Gasteiger partial charge >= 0.3 is 0 Å². The van der Waals surface area contributed by atoms with Crippen LogP contribution in [0.3, 0.4) is 0 Å². The number of para-hydroxylation sites is 1. The molecule has 0 atom stereocenters. The van der Waals surface area contributed by atoms with Gasteiger partial charge in [0.2, 0.25) is 0 Å². The van der Waals surface area contributed by atoms with Gasteiger partial charge in [0.05, 0.1) is 5.69 Å². The zero-order valence-corrected chi connectivity index (χ0v) is 11.3. The van der Waals surface area contributed by atoms with Gasteiger partial charge in [-0.1, -0.05) is 23.4 Å². The molecule has 0 bridgehead atoms. The molecule has 0 spiro atoms. The first-order valence-corrected chi connectivity index (χ1v) is 6.30. The van der Waals surface area contributed by atoms with E-state index in [4.69, 9.17) is 10.9 Å². The first-order valence-electron chi connectivity index (χ1n) is 6.30. The second-order valence-corrected chi connectivity index (χ2v) is 4.36. The van der Waals surface area contributed by atoms with Crippen molar-refractivity contribution in [3.05, 3.63) is 48.2 Å². The van der Waals surface area contributed by atoms with Crippen molar-refractivity contribution >= 4 is 17.3 Å². The highest BCUT2D eigenvalue weighted by Gasteiger charge is 2.11. The third-order valence-electron chi connectivity index (χ3n) is 2.85. The SMILES string of the molecule is Cc1ccc(N(CC/C(N)=N/O)c2ccccc2)nn1. The van der Waals surface area contributed by atoms with Gasteiger partial charge in [-0.25, -0.2) is 0 Å². The summed E-state index contributed by atoms with van der Waals surface area (Å²) >= 11 is 0. The quantitative estimate of drug-likeness (QED) is 0.376. The zero-order valence-electron chi connectivity index (χ0n) is 11.3. The Morgan fingerprint density at radius 2 is 1.95 bits per heavy atom. The van der Waals surface area contributed by atoms with Crippen molar-refractivity contribution in [2.24, 2.45) is 10.9 Å². The molecule has 0 radical (unpaired) electrons. The first kappa shape index (κ1) is 13.8. The van der Waals surface area contributed by atoms with Crippen molar-refractivity contribution in [1.29, 1.82) is 0 Å². The highest BCUT2D eigenvalue weighted by molar-refractivity contribution is 5.80. The molecule has 1 aromatic carbocycles. The average molecular weight is 271 g/mol. The van der Waals surface area contributed by atoms with Crippen LogP contribution in [0.5, 0.6) is 0 Å². The van der Waals surface area contributed by atoms with Gasteiger partial charge in [-0.05, 0) is 31.2 Å². The smallest absolute Gasteiger partial charge is 0.155 e. The minimum Gasteiger partial charge on any atom is -0.409 e. The predicted molar refractivity (Wildman–Crippen MR) is 78.2 cm³/mol. The molecule has 3 N–H and O–H groups in total. The number of hydrogen-bond donors (Lipinski definition) is 2. The molecule has 0 saturated heterocycles. The molecule has 0 amide bonds. The van der Waals surface area contributed by atoms with Gasteiger partial charge < -0.3 is 15.8 Å². The summed E-state index contributed by atoms with van der Waals surface area (Å²) in [5.41, 5.74) is 7.38. The molecule has 2 rings (SSSR count). The average Bonchev–Trinajstić information content (AvgIpc) is 2.50. The number of rotatable bonds is 5. The van der Waals surface area contributed by atoms with Gasteiger partial charge in [-0.3, -0.25) is 0 Å². The Morgan fingerprint density at radius 1 is 1.20 bits per heavy atom. The van der Waals surface area contributed by atoms with E-state index in [0.29, 0.717) is 13.0 Å². The normalized spacial score (nSPS) is 11.3. The minimum atomic E-state index is 0.186. The highest BCUT2D eigenvalue weighted by Crippen LogP contribution is 2.22. The van der Waals surface area contributed by atoms with E-state index in [1.165, 1.54) is 0 Å². The van der Waals surface area contributed by atoms with Gasteiger partial charge in [0.25, 0.3) is 0 Å². The number of aryl methyl sites for hydroxylation is 1. The third-order valence-corrected chi connectivity index (χ3v) is 2.85. The lowest BCUT2D eigenvalue weighted by molar-refractivity contribution is 0.317. The number of nitrogens with two attached hydrogens (primary N) is 1. The Labute approximate surface area is 117 Å². The highest BCUT2D eigenvalue weighted by atomic mass is 16.4. The van der Waals surface area contributed by atoms with Crippen LogP contribution in [0.15, 0.2) is 47.6 Å². The summed E-state index contributed by atoms with van der Waals surface area (Å²) in [6.45, 7) is 2.44. The summed E-state index contributed by atoms with van der Waals surface area (Å²) in [7, 11) is 0. The van der Waals surface area contributed by atoms with Crippen molar-refractivity contribution in [3.8, 4) is 0 Å². The number of benzene rings is 1. The van der Waals surface area contributed by atoms with E-state index >= 15 is 0 Å². The second kappa shape index (κ2) is 6.51. The zero-order chi connectivity index (χ0) is 14.4. The largest absolute Gasteiger partial charge is 0.409 e. The Morgan fingerprint density at radius 3 is 2.55 bits per heavy atom. The summed E-state index contributed by atoms with van der Waals surface area (Å²) < 4.78 is 0. The van der Waals surface area contributed by atoms with E-state index < -0.39 is 0 Å². The molecule has 20 heavy (non-hydrogen) atoms. The van der Waals surface area contributed by atoms with Gasteiger partial charge in [0.1, 0.15) is 5.84 Å². The van der Waals surface area contributed by atoms with Gasteiger partial charge in [0, 0.05) is 18.7 Å². The van der Waals surface area contributed by atoms with Crippen LogP contribution >= 0.6 is 0 Å². The first-order chi connectivity index (χ1) is 9.70. The number of anilines is 2. The maximum absolute atomic E-state index is 8.64.